The molecule has 0 aromatic carbocycles. The Balaban J connectivity index is 1.61. The molecule has 0 spiro atoms. The van der Waals surface area contributed by atoms with Crippen LogP contribution >= 0.6 is 0 Å². The monoisotopic (exact) mass is 208 g/mol. The first-order valence-corrected chi connectivity index (χ1v) is 6.55. The van der Waals surface area contributed by atoms with Crippen molar-refractivity contribution in [1.82, 2.24) is 0 Å². The van der Waals surface area contributed by atoms with E-state index in [-0.39, 0.29) is 12.7 Å². The van der Waals surface area contributed by atoms with Gasteiger partial charge in [0, 0.05) is 5.41 Å². The summed E-state index contributed by atoms with van der Waals surface area (Å²) in [4.78, 5) is 0. The molecule has 1 aliphatic heterocycles. The van der Waals surface area contributed by atoms with Crippen molar-refractivity contribution >= 4 is 0 Å². The van der Waals surface area contributed by atoms with Crippen molar-refractivity contribution in [3.05, 3.63) is 0 Å². The third-order valence-corrected chi connectivity index (χ3v) is 5.45. The number of epoxide rings is 1. The normalized spacial score (nSPS) is 61.0. The van der Waals surface area contributed by atoms with Gasteiger partial charge in [0.25, 0.3) is 0 Å². The van der Waals surface area contributed by atoms with Crippen LogP contribution in [0.4, 0.5) is 0 Å². The van der Waals surface area contributed by atoms with Crippen LogP contribution in [0.25, 0.3) is 0 Å². The molecule has 5 aliphatic rings. The molecule has 5 fully saturated rings. The lowest BCUT2D eigenvalue weighted by Crippen LogP contribution is -2.49. The van der Waals surface area contributed by atoms with Gasteiger partial charge in [0.15, 0.2) is 0 Å². The molecular weight excluding hydrogens is 188 g/mol. The van der Waals surface area contributed by atoms with E-state index in [4.69, 9.17) is 9.84 Å². The fraction of sp³-hybridized carbons (Fsp3) is 1.00. The van der Waals surface area contributed by atoms with Crippen molar-refractivity contribution < 1.29 is 9.84 Å². The quantitative estimate of drug-likeness (QED) is 0.704. The Morgan fingerprint density at radius 3 is 1.93 bits per heavy atom. The Labute approximate surface area is 91.0 Å². The zero-order valence-electron chi connectivity index (χ0n) is 9.19. The van der Waals surface area contributed by atoms with Gasteiger partial charge < -0.3 is 9.84 Å². The molecule has 0 aromatic rings. The van der Waals surface area contributed by atoms with E-state index >= 15 is 0 Å². The highest BCUT2D eigenvalue weighted by atomic mass is 16.6. The van der Waals surface area contributed by atoms with Crippen LogP contribution in [0.3, 0.4) is 0 Å². The number of ether oxygens (including phenoxy) is 1. The van der Waals surface area contributed by atoms with E-state index in [1.165, 1.54) is 38.5 Å². The standard InChI is InChI=1S/C13H20O2/c14-7-11-12(15-11)13-4-8-1-9(5-13)3-10(2-8)6-13/h8-12,14H,1-7H2/t8?,9?,10?,11-,12+,13?/m0/s1. The maximum Gasteiger partial charge on any atom is 0.108 e. The topological polar surface area (TPSA) is 32.8 Å². The Morgan fingerprint density at radius 2 is 1.53 bits per heavy atom. The highest BCUT2D eigenvalue weighted by Gasteiger charge is 2.61. The van der Waals surface area contributed by atoms with Gasteiger partial charge in [-0.05, 0) is 56.3 Å². The lowest BCUT2D eigenvalue weighted by atomic mass is 9.48. The van der Waals surface area contributed by atoms with Gasteiger partial charge in [0.1, 0.15) is 6.10 Å². The molecule has 1 saturated heterocycles. The van der Waals surface area contributed by atoms with Crippen LogP contribution in [0.5, 0.6) is 0 Å². The second-order valence-electron chi connectivity index (χ2n) is 6.56. The minimum atomic E-state index is 0.196. The van der Waals surface area contributed by atoms with Gasteiger partial charge in [0.05, 0.1) is 12.7 Å². The van der Waals surface area contributed by atoms with E-state index in [0.29, 0.717) is 11.5 Å². The van der Waals surface area contributed by atoms with E-state index < -0.39 is 0 Å². The molecule has 2 heteroatoms. The third kappa shape index (κ3) is 1.18. The van der Waals surface area contributed by atoms with Gasteiger partial charge in [-0.25, -0.2) is 0 Å². The molecule has 15 heavy (non-hydrogen) atoms. The van der Waals surface area contributed by atoms with Crippen molar-refractivity contribution in [3.63, 3.8) is 0 Å². The predicted octanol–water partition coefficient (Wildman–Crippen LogP) is 1.96. The number of aliphatic hydroxyl groups excluding tert-OH is 1. The van der Waals surface area contributed by atoms with Crippen molar-refractivity contribution in [1.29, 1.82) is 0 Å². The summed E-state index contributed by atoms with van der Waals surface area (Å²) in [6.45, 7) is 0.242. The van der Waals surface area contributed by atoms with E-state index in [9.17, 15) is 0 Å². The van der Waals surface area contributed by atoms with Crippen LogP contribution in [-0.2, 0) is 4.74 Å². The predicted molar refractivity (Wildman–Crippen MR) is 56.4 cm³/mol. The largest absolute Gasteiger partial charge is 0.394 e. The third-order valence-electron chi connectivity index (χ3n) is 5.45. The lowest BCUT2D eigenvalue weighted by molar-refractivity contribution is -0.0670. The number of aliphatic hydroxyl groups is 1. The van der Waals surface area contributed by atoms with Gasteiger partial charge in [-0.1, -0.05) is 0 Å². The summed E-state index contributed by atoms with van der Waals surface area (Å²) in [5, 5.41) is 9.15. The Hall–Kier alpha value is -0.0800. The van der Waals surface area contributed by atoms with Crippen molar-refractivity contribution in [2.45, 2.75) is 50.7 Å². The lowest BCUT2D eigenvalue weighted by Gasteiger charge is -2.56. The highest BCUT2D eigenvalue weighted by molar-refractivity contribution is 5.10. The van der Waals surface area contributed by atoms with Crippen LogP contribution in [0.1, 0.15) is 38.5 Å². The molecular formula is C13H20O2. The summed E-state index contributed by atoms with van der Waals surface area (Å²) in [5.74, 6) is 3.00. The van der Waals surface area contributed by atoms with Crippen LogP contribution in [0, 0.1) is 23.2 Å². The number of rotatable bonds is 2. The second kappa shape index (κ2) is 2.78. The molecule has 1 heterocycles. The molecule has 4 aliphatic carbocycles. The summed E-state index contributed by atoms with van der Waals surface area (Å²) in [5.41, 5.74) is 0.502. The minimum Gasteiger partial charge on any atom is -0.394 e. The van der Waals surface area contributed by atoms with Crippen molar-refractivity contribution in [3.8, 4) is 0 Å². The average molecular weight is 208 g/mol. The molecule has 0 unspecified atom stereocenters. The summed E-state index contributed by atoms with van der Waals surface area (Å²) in [6, 6.07) is 0. The SMILES string of the molecule is OC[C@@H]1O[C@H]1C12CC3CC(CC(C3)C1)C2. The summed E-state index contributed by atoms with van der Waals surface area (Å²) in [7, 11) is 0. The van der Waals surface area contributed by atoms with Crippen LogP contribution in [-0.4, -0.2) is 23.9 Å². The van der Waals surface area contributed by atoms with E-state index in [2.05, 4.69) is 0 Å². The van der Waals surface area contributed by atoms with E-state index in [0.717, 1.165) is 17.8 Å². The molecule has 84 valence electrons. The first-order chi connectivity index (χ1) is 7.29. The first-order valence-electron chi connectivity index (χ1n) is 6.55. The molecule has 0 radical (unpaired) electrons. The maximum absolute atomic E-state index is 9.15. The van der Waals surface area contributed by atoms with Crippen LogP contribution in [0.15, 0.2) is 0 Å². The second-order valence-corrected chi connectivity index (χ2v) is 6.56. The molecule has 0 aromatic heterocycles. The maximum atomic E-state index is 9.15. The van der Waals surface area contributed by atoms with Gasteiger partial charge in [-0.15, -0.1) is 0 Å². The smallest absolute Gasteiger partial charge is 0.108 e. The first kappa shape index (κ1) is 9.00. The fourth-order valence-corrected chi connectivity index (χ4v) is 5.35. The van der Waals surface area contributed by atoms with Crippen molar-refractivity contribution in [2.24, 2.45) is 23.2 Å². The fourth-order valence-electron chi connectivity index (χ4n) is 5.35. The summed E-state index contributed by atoms with van der Waals surface area (Å²) in [6.07, 6.45) is 9.32. The molecule has 1 N–H and O–H groups in total. The molecule has 4 bridgehead atoms. The summed E-state index contributed by atoms with van der Waals surface area (Å²) >= 11 is 0. The van der Waals surface area contributed by atoms with Gasteiger partial charge in [-0.3, -0.25) is 0 Å². The van der Waals surface area contributed by atoms with Crippen LogP contribution in [0.2, 0.25) is 0 Å². The number of hydrogen-bond donors (Lipinski definition) is 1. The van der Waals surface area contributed by atoms with Crippen LogP contribution < -0.4 is 0 Å². The van der Waals surface area contributed by atoms with Gasteiger partial charge >= 0.3 is 0 Å². The summed E-state index contributed by atoms with van der Waals surface area (Å²) < 4.78 is 5.70. The van der Waals surface area contributed by atoms with Gasteiger partial charge in [-0.2, -0.15) is 0 Å². The Bertz CT molecular complexity index is 251. The van der Waals surface area contributed by atoms with E-state index in [1.54, 1.807) is 0 Å². The molecule has 2 nitrogen and oxygen atoms in total. The average Bonchev–Trinajstić information content (AvgIpc) is 2.94. The molecule has 4 saturated carbocycles. The Kier molecular flexibility index (Phi) is 1.67. The zero-order valence-corrected chi connectivity index (χ0v) is 9.19. The zero-order chi connectivity index (χ0) is 10.0. The Morgan fingerprint density at radius 1 is 1.00 bits per heavy atom. The van der Waals surface area contributed by atoms with E-state index in [1.807, 2.05) is 0 Å². The van der Waals surface area contributed by atoms with Gasteiger partial charge in [0.2, 0.25) is 0 Å². The van der Waals surface area contributed by atoms with Crippen molar-refractivity contribution in [2.75, 3.05) is 6.61 Å². The highest BCUT2D eigenvalue weighted by Crippen LogP contribution is 2.64. The minimum absolute atomic E-state index is 0.196. The molecule has 5 rings (SSSR count). The molecule has 0 amide bonds. The molecule has 2 atom stereocenters. The number of hydrogen-bond acceptors (Lipinski definition) is 2.